The first-order valence-corrected chi connectivity index (χ1v) is 12.5. The number of carbonyl (C=O) groups excluding carboxylic acids is 3. The second kappa shape index (κ2) is 11.9. The molecule has 1 fully saturated rings. The van der Waals surface area contributed by atoms with Gasteiger partial charge in [0.25, 0.3) is 5.91 Å². The summed E-state index contributed by atoms with van der Waals surface area (Å²) in [7, 11) is 1.89. The lowest BCUT2D eigenvalue weighted by molar-refractivity contribution is -0.129. The second-order valence-electron chi connectivity index (χ2n) is 8.76. The molecule has 1 aliphatic rings. The van der Waals surface area contributed by atoms with E-state index >= 15 is 0 Å². The highest BCUT2D eigenvalue weighted by molar-refractivity contribution is 8.00. The monoisotopic (exact) mass is 467 g/mol. The van der Waals surface area contributed by atoms with Crippen molar-refractivity contribution in [2.75, 3.05) is 23.4 Å². The second-order valence-corrected chi connectivity index (χ2v) is 9.78. The van der Waals surface area contributed by atoms with Crippen LogP contribution in [0.4, 0.5) is 11.4 Å². The maximum absolute atomic E-state index is 13.0. The van der Waals surface area contributed by atoms with E-state index in [1.807, 2.05) is 44.0 Å². The Hall–Kier alpha value is -2.80. The van der Waals surface area contributed by atoms with Crippen molar-refractivity contribution in [3.8, 4) is 0 Å². The number of amides is 3. The summed E-state index contributed by atoms with van der Waals surface area (Å²) >= 11 is 1.39. The molecule has 0 atom stereocenters. The fraction of sp³-hybridized carbons (Fsp3) is 0.423. The first kappa shape index (κ1) is 24.8. The Kier molecular flexibility index (Phi) is 8.95. The van der Waals surface area contributed by atoms with E-state index in [1.54, 1.807) is 30.3 Å². The van der Waals surface area contributed by atoms with Gasteiger partial charge >= 0.3 is 0 Å². The summed E-state index contributed by atoms with van der Waals surface area (Å²) in [6, 6.07) is 14.7. The number of hydrogen-bond donors (Lipinski definition) is 2. The highest BCUT2D eigenvalue weighted by Gasteiger charge is 2.22. The zero-order chi connectivity index (χ0) is 23.8. The molecular formula is C26H33N3O3S. The first-order chi connectivity index (χ1) is 15.8. The zero-order valence-corrected chi connectivity index (χ0v) is 20.4. The van der Waals surface area contributed by atoms with Gasteiger partial charge in [-0.05, 0) is 43.2 Å². The molecule has 2 N–H and O–H groups in total. The Labute approximate surface area is 200 Å². The van der Waals surface area contributed by atoms with Crippen LogP contribution >= 0.6 is 11.8 Å². The van der Waals surface area contributed by atoms with E-state index in [9.17, 15) is 14.4 Å². The SMILES string of the molecule is CC(C)C(=O)Nc1cccc(NC(=O)c2ccccc2SCC(=O)N(C)C2CCCCC2)c1. The minimum Gasteiger partial charge on any atom is -0.342 e. The van der Waals surface area contributed by atoms with Gasteiger partial charge in [-0.2, -0.15) is 0 Å². The molecule has 0 aromatic heterocycles. The summed E-state index contributed by atoms with van der Waals surface area (Å²) in [5, 5.41) is 5.74. The third-order valence-corrected chi connectivity index (χ3v) is 6.97. The lowest BCUT2D eigenvalue weighted by Gasteiger charge is -2.31. The summed E-state index contributed by atoms with van der Waals surface area (Å²) in [6.07, 6.45) is 5.76. The molecule has 0 heterocycles. The molecule has 0 bridgehead atoms. The Morgan fingerprint density at radius 2 is 1.64 bits per heavy atom. The molecule has 1 aliphatic carbocycles. The molecule has 0 spiro atoms. The van der Waals surface area contributed by atoms with Crippen molar-refractivity contribution in [3.05, 3.63) is 54.1 Å². The van der Waals surface area contributed by atoms with Crippen molar-refractivity contribution in [1.82, 2.24) is 4.90 Å². The maximum Gasteiger partial charge on any atom is 0.256 e. The van der Waals surface area contributed by atoms with Crippen LogP contribution in [0.3, 0.4) is 0 Å². The van der Waals surface area contributed by atoms with Crippen LogP contribution in [0.2, 0.25) is 0 Å². The van der Waals surface area contributed by atoms with E-state index in [1.165, 1.54) is 31.0 Å². The third-order valence-electron chi connectivity index (χ3n) is 5.91. The predicted octanol–water partition coefficient (Wildman–Crippen LogP) is 5.42. The fourth-order valence-corrected chi connectivity index (χ4v) is 4.83. The normalized spacial score (nSPS) is 14.1. The van der Waals surface area contributed by atoms with Crippen LogP contribution < -0.4 is 10.6 Å². The number of nitrogens with one attached hydrogen (secondary N) is 2. The lowest BCUT2D eigenvalue weighted by atomic mass is 9.94. The van der Waals surface area contributed by atoms with Gasteiger partial charge < -0.3 is 15.5 Å². The molecule has 6 nitrogen and oxygen atoms in total. The average molecular weight is 468 g/mol. The van der Waals surface area contributed by atoms with E-state index < -0.39 is 0 Å². The number of anilines is 2. The summed E-state index contributed by atoms with van der Waals surface area (Å²) in [4.78, 5) is 40.3. The quantitative estimate of drug-likeness (QED) is 0.509. The molecule has 3 rings (SSSR count). The van der Waals surface area contributed by atoms with Gasteiger partial charge in [0.15, 0.2) is 0 Å². The van der Waals surface area contributed by atoms with Gasteiger partial charge in [-0.3, -0.25) is 14.4 Å². The number of thioether (sulfide) groups is 1. The number of nitrogens with zero attached hydrogens (tertiary/aromatic N) is 1. The molecule has 1 saturated carbocycles. The van der Waals surface area contributed by atoms with E-state index in [-0.39, 0.29) is 23.6 Å². The Bertz CT molecular complexity index is 986. The van der Waals surface area contributed by atoms with Gasteiger partial charge in [-0.15, -0.1) is 11.8 Å². The maximum atomic E-state index is 13.0. The van der Waals surface area contributed by atoms with Crippen LogP contribution in [-0.4, -0.2) is 41.5 Å². The van der Waals surface area contributed by atoms with Crippen molar-refractivity contribution >= 4 is 40.9 Å². The van der Waals surface area contributed by atoms with Crippen molar-refractivity contribution in [1.29, 1.82) is 0 Å². The largest absolute Gasteiger partial charge is 0.342 e. The molecule has 33 heavy (non-hydrogen) atoms. The van der Waals surface area contributed by atoms with E-state index in [0.29, 0.717) is 28.7 Å². The van der Waals surface area contributed by atoms with Gasteiger partial charge in [-0.25, -0.2) is 0 Å². The number of carbonyl (C=O) groups is 3. The van der Waals surface area contributed by atoms with Gasteiger partial charge in [0, 0.05) is 35.3 Å². The molecule has 0 unspecified atom stereocenters. The number of hydrogen-bond acceptors (Lipinski definition) is 4. The molecule has 0 radical (unpaired) electrons. The van der Waals surface area contributed by atoms with Crippen molar-refractivity contribution in [2.24, 2.45) is 5.92 Å². The molecule has 7 heteroatoms. The Balaban J connectivity index is 1.63. The zero-order valence-electron chi connectivity index (χ0n) is 19.6. The Morgan fingerprint density at radius 1 is 0.970 bits per heavy atom. The van der Waals surface area contributed by atoms with Crippen molar-refractivity contribution in [3.63, 3.8) is 0 Å². The van der Waals surface area contributed by atoms with Crippen LogP contribution in [0.1, 0.15) is 56.3 Å². The fourth-order valence-electron chi connectivity index (χ4n) is 3.85. The lowest BCUT2D eigenvalue weighted by Crippen LogP contribution is -2.39. The number of rotatable bonds is 8. The molecule has 2 aromatic carbocycles. The minimum absolute atomic E-state index is 0.0805. The standard InChI is InChI=1S/C26H33N3O3S/c1-18(2)25(31)27-19-10-9-11-20(16-19)28-26(32)22-14-7-8-15-23(22)33-17-24(30)29(3)21-12-5-4-6-13-21/h7-11,14-16,18,21H,4-6,12-13,17H2,1-3H3,(H,27,31)(H,28,32). The average Bonchev–Trinajstić information content (AvgIpc) is 2.83. The van der Waals surface area contributed by atoms with Gasteiger partial charge in [0.2, 0.25) is 11.8 Å². The van der Waals surface area contributed by atoms with Crippen LogP contribution in [0.15, 0.2) is 53.4 Å². The van der Waals surface area contributed by atoms with E-state index in [0.717, 1.165) is 17.7 Å². The van der Waals surface area contributed by atoms with Crippen LogP contribution in [0.5, 0.6) is 0 Å². The topological polar surface area (TPSA) is 78.5 Å². The van der Waals surface area contributed by atoms with Crippen molar-refractivity contribution in [2.45, 2.75) is 56.9 Å². The van der Waals surface area contributed by atoms with Crippen LogP contribution in [-0.2, 0) is 9.59 Å². The summed E-state index contributed by atoms with van der Waals surface area (Å²) in [5.41, 5.74) is 1.74. The molecule has 0 saturated heterocycles. The minimum atomic E-state index is -0.251. The van der Waals surface area contributed by atoms with Crippen LogP contribution in [0, 0.1) is 5.92 Å². The van der Waals surface area contributed by atoms with Gasteiger partial charge in [0.1, 0.15) is 0 Å². The molecular weight excluding hydrogens is 434 g/mol. The smallest absolute Gasteiger partial charge is 0.256 e. The predicted molar refractivity (Wildman–Crippen MR) is 135 cm³/mol. The highest BCUT2D eigenvalue weighted by atomic mass is 32.2. The summed E-state index contributed by atoms with van der Waals surface area (Å²) in [5.74, 6) is -0.0714. The van der Waals surface area contributed by atoms with E-state index in [4.69, 9.17) is 0 Å². The number of benzene rings is 2. The highest BCUT2D eigenvalue weighted by Crippen LogP contribution is 2.26. The van der Waals surface area contributed by atoms with Crippen LogP contribution in [0.25, 0.3) is 0 Å². The molecule has 0 aliphatic heterocycles. The van der Waals surface area contributed by atoms with Gasteiger partial charge in [-0.1, -0.05) is 51.3 Å². The third kappa shape index (κ3) is 7.09. The Morgan fingerprint density at radius 3 is 2.33 bits per heavy atom. The van der Waals surface area contributed by atoms with E-state index in [2.05, 4.69) is 10.6 Å². The summed E-state index contributed by atoms with van der Waals surface area (Å²) < 4.78 is 0. The molecule has 3 amide bonds. The first-order valence-electron chi connectivity index (χ1n) is 11.5. The van der Waals surface area contributed by atoms with Gasteiger partial charge in [0.05, 0.1) is 11.3 Å². The van der Waals surface area contributed by atoms with Crippen molar-refractivity contribution < 1.29 is 14.4 Å². The molecule has 176 valence electrons. The summed E-state index contributed by atoms with van der Waals surface area (Å²) in [6.45, 7) is 3.65. The molecule has 2 aromatic rings.